The first-order valence-electron chi connectivity index (χ1n) is 32.8. The summed E-state index contributed by atoms with van der Waals surface area (Å²) in [6, 6.07) is 36.1. The SMILES string of the molecule is C[C@H](CCC(=O)Oc1ccc(/C(=C(/c2ccccc2)c2ccc(OC(=O)CC[C@@H](C)[C@H]3CC[C@H]4[C@@H]5[C@H](O)C[C@@H]6C[C@H](O)CC[C@]6(C)[C@H]5C[C@H](O)[C@]34C)cc2)c2ccccc2)cc1)[C@H]1CC[C@H]2[C@@H]3[C@H](O)C[C@@H]4C[C@H](O)CC[C@]4(C)[C@H]3C[C@H](O)[C@]12C. The third-order valence-electron chi connectivity index (χ3n) is 25.8. The van der Waals surface area contributed by atoms with E-state index < -0.39 is 24.4 Å². The average molecular weight is 1150 g/mol. The molecule has 10 heteroatoms. The van der Waals surface area contributed by atoms with Crippen LogP contribution < -0.4 is 9.47 Å². The summed E-state index contributed by atoms with van der Waals surface area (Å²) in [4.78, 5) is 27.4. The van der Waals surface area contributed by atoms with Crippen LogP contribution >= 0.6 is 0 Å². The van der Waals surface area contributed by atoms with Crippen molar-refractivity contribution >= 4 is 23.1 Å². The molecule has 84 heavy (non-hydrogen) atoms. The van der Waals surface area contributed by atoms with E-state index >= 15 is 0 Å². The van der Waals surface area contributed by atoms with Crippen LogP contribution in [0.4, 0.5) is 0 Å². The van der Waals surface area contributed by atoms with Crippen LogP contribution in [-0.2, 0) is 9.59 Å². The van der Waals surface area contributed by atoms with E-state index in [2.05, 4.69) is 65.8 Å². The first kappa shape index (κ1) is 59.6. The molecule has 0 aliphatic heterocycles. The third kappa shape index (κ3) is 10.5. The molecule has 8 aliphatic carbocycles. The Morgan fingerprint density at radius 3 is 1.18 bits per heavy atom. The molecule has 8 fully saturated rings. The zero-order chi connectivity index (χ0) is 59.0. The van der Waals surface area contributed by atoms with Gasteiger partial charge in [0.05, 0.1) is 36.6 Å². The monoisotopic (exact) mass is 1140 g/mol. The largest absolute Gasteiger partial charge is 0.427 e. The normalized spacial score (nSPS) is 40.5. The van der Waals surface area contributed by atoms with Gasteiger partial charge in [-0.3, -0.25) is 9.59 Å². The van der Waals surface area contributed by atoms with Crippen molar-refractivity contribution in [1.82, 2.24) is 0 Å². The third-order valence-corrected chi connectivity index (χ3v) is 25.8. The van der Waals surface area contributed by atoms with Gasteiger partial charge in [0, 0.05) is 12.8 Å². The molecular weight excluding hydrogens is 1050 g/mol. The molecule has 22 atom stereocenters. The predicted molar refractivity (Wildman–Crippen MR) is 327 cm³/mol. The number of rotatable bonds is 14. The lowest BCUT2D eigenvalue weighted by atomic mass is 9.43. The molecule has 452 valence electrons. The summed E-state index contributed by atoms with van der Waals surface area (Å²) in [5.41, 5.74) is 5.26. The van der Waals surface area contributed by atoms with Crippen molar-refractivity contribution < 1.29 is 49.7 Å². The topological polar surface area (TPSA) is 174 Å². The maximum Gasteiger partial charge on any atom is 0.311 e. The van der Waals surface area contributed by atoms with Crippen molar-refractivity contribution in [1.29, 1.82) is 0 Å². The Morgan fingerprint density at radius 2 is 0.810 bits per heavy atom. The fourth-order valence-electron chi connectivity index (χ4n) is 21.2. The molecule has 4 aromatic carbocycles. The smallest absolute Gasteiger partial charge is 0.311 e. The molecular formula is C74H96O10. The molecule has 0 aromatic heterocycles. The Bertz CT molecular complexity index is 2800. The van der Waals surface area contributed by atoms with Crippen LogP contribution in [0.3, 0.4) is 0 Å². The fourth-order valence-corrected chi connectivity index (χ4v) is 21.2. The summed E-state index contributed by atoms with van der Waals surface area (Å²) >= 11 is 0. The number of hydrogen-bond acceptors (Lipinski definition) is 10. The molecule has 0 saturated heterocycles. The van der Waals surface area contributed by atoms with Crippen LogP contribution in [0.25, 0.3) is 11.1 Å². The zero-order valence-corrected chi connectivity index (χ0v) is 50.8. The summed E-state index contributed by atoms with van der Waals surface area (Å²) in [5, 5.41) is 68.9. The minimum atomic E-state index is -0.477. The van der Waals surface area contributed by atoms with E-state index in [1.165, 1.54) is 0 Å². The van der Waals surface area contributed by atoms with Gasteiger partial charge in [-0.25, -0.2) is 0 Å². The minimum absolute atomic E-state index is 0.0238. The van der Waals surface area contributed by atoms with E-state index in [1.807, 2.05) is 84.9 Å². The van der Waals surface area contributed by atoms with Crippen molar-refractivity contribution in [2.75, 3.05) is 0 Å². The summed E-state index contributed by atoms with van der Waals surface area (Å²) in [6.45, 7) is 13.7. The van der Waals surface area contributed by atoms with E-state index in [1.54, 1.807) is 0 Å². The summed E-state index contributed by atoms with van der Waals surface area (Å²) in [6.07, 6.45) is 11.2. The number of carbonyl (C=O) groups excluding carboxylic acids is 2. The van der Waals surface area contributed by atoms with Gasteiger partial charge in [-0.15, -0.1) is 0 Å². The van der Waals surface area contributed by atoms with Crippen LogP contribution in [0.1, 0.15) is 179 Å². The van der Waals surface area contributed by atoms with Gasteiger partial charge in [0.2, 0.25) is 0 Å². The second kappa shape index (κ2) is 23.4. The number of ether oxygens (including phenoxy) is 2. The van der Waals surface area contributed by atoms with Crippen molar-refractivity contribution in [2.24, 2.45) is 92.7 Å². The number of aliphatic hydroxyl groups excluding tert-OH is 6. The van der Waals surface area contributed by atoms with Gasteiger partial charge in [0.15, 0.2) is 0 Å². The standard InChI is InChI=1S/C74H96O10/c1-43(55-27-29-57-69-59(41-63(79)73(55,57)5)71(3)35-33-51(75)37-49(71)39-61(69)77)17-31-65(81)83-53-23-19-47(20-24-53)67(45-13-9-7-10-14-45)68(46-15-11-8-12-16-46)48-21-25-54(26-22-48)84-66(82)32-18-44(2)56-28-30-58-70-60(42-64(80)74(56,58)6)72(4)36-34-52(76)38-50(72)40-62(70)78/h7-16,19-26,43-44,49-52,55-64,69-70,75-80H,17-18,27-42H2,1-6H3/b68-67-/t43-,44-,49+,50+,51-,52-,55-,56-,57+,58+,59+,60+,61-,62-,63+,64+,69+,70+,71+,72+,73-,74-/m1/s1. The first-order valence-corrected chi connectivity index (χ1v) is 32.8. The number of benzene rings is 4. The number of carbonyl (C=O) groups is 2. The molecule has 10 nitrogen and oxygen atoms in total. The summed E-state index contributed by atoms with van der Waals surface area (Å²) in [5.74, 6) is 2.99. The van der Waals surface area contributed by atoms with Crippen LogP contribution in [0, 0.1) is 92.7 Å². The van der Waals surface area contributed by atoms with Crippen LogP contribution in [0.2, 0.25) is 0 Å². The van der Waals surface area contributed by atoms with Gasteiger partial charge in [-0.05, 0) is 253 Å². The Balaban J connectivity index is 0.698. The molecule has 6 N–H and O–H groups in total. The molecule has 8 aliphatic rings. The van der Waals surface area contributed by atoms with E-state index in [9.17, 15) is 40.2 Å². The molecule has 0 radical (unpaired) electrons. The van der Waals surface area contributed by atoms with Crippen molar-refractivity contribution in [3.8, 4) is 11.5 Å². The van der Waals surface area contributed by atoms with Gasteiger partial charge < -0.3 is 40.1 Å². The summed E-state index contributed by atoms with van der Waals surface area (Å²) in [7, 11) is 0. The Morgan fingerprint density at radius 1 is 0.452 bits per heavy atom. The zero-order valence-electron chi connectivity index (χ0n) is 50.8. The first-order chi connectivity index (χ1) is 40.2. The minimum Gasteiger partial charge on any atom is -0.427 e. The van der Waals surface area contributed by atoms with Crippen molar-refractivity contribution in [3.05, 3.63) is 131 Å². The van der Waals surface area contributed by atoms with Crippen molar-refractivity contribution in [2.45, 2.75) is 194 Å². The highest BCUT2D eigenvalue weighted by Gasteiger charge is 2.67. The van der Waals surface area contributed by atoms with Gasteiger partial charge in [-0.1, -0.05) is 126 Å². The Hall–Kier alpha value is -4.68. The average Bonchev–Trinajstić information content (AvgIpc) is 1.60. The molecule has 0 amide bonds. The molecule has 12 rings (SSSR count). The predicted octanol–water partition coefficient (Wildman–Crippen LogP) is 13.3. The molecule has 4 aromatic rings. The van der Waals surface area contributed by atoms with Gasteiger partial charge in [0.25, 0.3) is 0 Å². The fraction of sp³-hybridized carbons (Fsp3) is 0.622. The van der Waals surface area contributed by atoms with Crippen LogP contribution in [0.15, 0.2) is 109 Å². The lowest BCUT2D eigenvalue weighted by molar-refractivity contribution is -0.207. The van der Waals surface area contributed by atoms with Crippen LogP contribution in [-0.4, -0.2) is 79.2 Å². The second-order valence-electron chi connectivity index (χ2n) is 29.6. The van der Waals surface area contributed by atoms with Gasteiger partial charge in [-0.2, -0.15) is 0 Å². The number of fused-ring (bicyclic) bond motifs is 10. The van der Waals surface area contributed by atoms with E-state index in [0.29, 0.717) is 37.2 Å². The number of esters is 2. The Labute approximate surface area is 499 Å². The molecule has 8 saturated carbocycles. The van der Waals surface area contributed by atoms with E-state index in [0.717, 1.165) is 110 Å². The maximum absolute atomic E-state index is 13.7. The van der Waals surface area contributed by atoms with Crippen LogP contribution in [0.5, 0.6) is 11.5 Å². The molecule has 0 spiro atoms. The highest BCUT2D eigenvalue weighted by atomic mass is 16.5. The molecule has 0 unspecified atom stereocenters. The molecule has 0 bridgehead atoms. The molecule has 0 heterocycles. The highest BCUT2D eigenvalue weighted by molar-refractivity contribution is 6.04. The second-order valence-corrected chi connectivity index (χ2v) is 29.6. The maximum atomic E-state index is 13.7. The van der Waals surface area contributed by atoms with E-state index in [4.69, 9.17) is 9.47 Å². The lowest BCUT2D eigenvalue weighted by Gasteiger charge is -2.63. The van der Waals surface area contributed by atoms with Gasteiger partial charge >= 0.3 is 11.9 Å². The highest BCUT2D eigenvalue weighted by Crippen LogP contribution is 2.70. The van der Waals surface area contributed by atoms with E-state index in [-0.39, 0.29) is 130 Å². The quantitative estimate of drug-likeness (QED) is 0.0405. The lowest BCUT2D eigenvalue weighted by Crippen LogP contribution is -2.62. The van der Waals surface area contributed by atoms with Gasteiger partial charge in [0.1, 0.15) is 11.5 Å². The number of hydrogen-bond donors (Lipinski definition) is 6. The van der Waals surface area contributed by atoms with Crippen molar-refractivity contribution in [3.63, 3.8) is 0 Å². The number of aliphatic hydroxyl groups is 6. The summed E-state index contributed by atoms with van der Waals surface area (Å²) < 4.78 is 12.1. The Kier molecular flexibility index (Phi) is 16.6.